The van der Waals surface area contributed by atoms with Crippen LogP contribution < -0.4 is 5.32 Å². The summed E-state index contributed by atoms with van der Waals surface area (Å²) in [6.45, 7) is 0. The number of aliphatic carboxylic acids is 1. The predicted octanol–water partition coefficient (Wildman–Crippen LogP) is 1.70. The number of carbonyl (C=O) groups is 2. The zero-order valence-corrected chi connectivity index (χ0v) is 9.88. The van der Waals surface area contributed by atoms with Gasteiger partial charge in [0.15, 0.2) is 11.8 Å². The second kappa shape index (κ2) is 4.98. The average Bonchev–Trinajstić information content (AvgIpc) is 2.38. The molecule has 92 valence electrons. The van der Waals surface area contributed by atoms with Crippen molar-refractivity contribution < 1.29 is 14.7 Å². The van der Waals surface area contributed by atoms with E-state index in [9.17, 15) is 9.59 Å². The highest BCUT2D eigenvalue weighted by molar-refractivity contribution is 6.17. The van der Waals surface area contributed by atoms with Crippen molar-refractivity contribution in [1.29, 1.82) is 0 Å². The van der Waals surface area contributed by atoms with Crippen LogP contribution >= 0.6 is 0 Å². The largest absolute Gasteiger partial charge is 0.480 e. The van der Waals surface area contributed by atoms with Crippen molar-refractivity contribution in [2.45, 2.75) is 6.04 Å². The Balaban J connectivity index is 2.54. The molecule has 18 heavy (non-hydrogen) atoms. The third-order valence-electron chi connectivity index (χ3n) is 2.85. The molecule has 1 unspecified atom stereocenters. The zero-order chi connectivity index (χ0) is 13.1. The number of ketones is 1. The second-order valence-electron chi connectivity index (χ2n) is 3.95. The quantitative estimate of drug-likeness (QED) is 0.633. The topological polar surface area (TPSA) is 66.4 Å². The SMILES string of the molecule is CNC(C(=O)O)C(=O)c1cccc2ccccc12. The van der Waals surface area contributed by atoms with Gasteiger partial charge in [-0.1, -0.05) is 42.5 Å². The molecule has 4 nitrogen and oxygen atoms in total. The van der Waals surface area contributed by atoms with Crippen LogP contribution in [0.15, 0.2) is 42.5 Å². The van der Waals surface area contributed by atoms with Gasteiger partial charge >= 0.3 is 5.97 Å². The van der Waals surface area contributed by atoms with E-state index in [2.05, 4.69) is 5.32 Å². The van der Waals surface area contributed by atoms with Gasteiger partial charge in [-0.15, -0.1) is 0 Å². The van der Waals surface area contributed by atoms with Gasteiger partial charge in [-0.05, 0) is 17.8 Å². The monoisotopic (exact) mass is 243 g/mol. The first-order valence-corrected chi connectivity index (χ1v) is 5.57. The summed E-state index contributed by atoms with van der Waals surface area (Å²) in [5.74, 6) is -1.60. The first-order chi connectivity index (χ1) is 8.65. The Morgan fingerprint density at radius 3 is 2.44 bits per heavy atom. The molecule has 0 fully saturated rings. The molecule has 2 N–H and O–H groups in total. The number of hydrogen-bond acceptors (Lipinski definition) is 3. The van der Waals surface area contributed by atoms with Crippen molar-refractivity contribution >= 4 is 22.5 Å². The Morgan fingerprint density at radius 1 is 1.11 bits per heavy atom. The van der Waals surface area contributed by atoms with E-state index in [-0.39, 0.29) is 0 Å². The molecule has 0 amide bonds. The van der Waals surface area contributed by atoms with E-state index in [0.29, 0.717) is 5.56 Å². The number of rotatable bonds is 4. The van der Waals surface area contributed by atoms with Crippen LogP contribution in [-0.4, -0.2) is 29.9 Å². The number of nitrogens with one attached hydrogen (secondary N) is 1. The van der Waals surface area contributed by atoms with E-state index in [1.54, 1.807) is 12.1 Å². The molecule has 0 aliphatic carbocycles. The van der Waals surface area contributed by atoms with Crippen molar-refractivity contribution in [3.05, 3.63) is 48.0 Å². The van der Waals surface area contributed by atoms with Crippen LogP contribution in [-0.2, 0) is 4.79 Å². The third-order valence-corrected chi connectivity index (χ3v) is 2.85. The van der Waals surface area contributed by atoms with Gasteiger partial charge in [-0.2, -0.15) is 0 Å². The summed E-state index contributed by atoms with van der Waals surface area (Å²) in [5, 5.41) is 13.2. The van der Waals surface area contributed by atoms with Crippen LogP contribution in [0.2, 0.25) is 0 Å². The zero-order valence-electron chi connectivity index (χ0n) is 9.88. The molecule has 1 atom stereocenters. The van der Waals surface area contributed by atoms with Gasteiger partial charge in [0, 0.05) is 5.56 Å². The summed E-state index contributed by atoms with van der Waals surface area (Å²) in [6, 6.07) is 11.5. The minimum atomic E-state index is -1.21. The highest BCUT2D eigenvalue weighted by atomic mass is 16.4. The van der Waals surface area contributed by atoms with Crippen LogP contribution in [0.3, 0.4) is 0 Å². The lowest BCUT2D eigenvalue weighted by molar-refractivity contribution is -0.137. The first-order valence-electron chi connectivity index (χ1n) is 5.57. The highest BCUT2D eigenvalue weighted by Gasteiger charge is 2.26. The number of benzene rings is 2. The van der Waals surface area contributed by atoms with E-state index < -0.39 is 17.8 Å². The van der Waals surface area contributed by atoms with Crippen molar-refractivity contribution in [2.75, 3.05) is 7.05 Å². The van der Waals surface area contributed by atoms with E-state index >= 15 is 0 Å². The predicted molar refractivity (Wildman–Crippen MR) is 68.8 cm³/mol. The molecule has 0 radical (unpaired) electrons. The Kier molecular flexibility index (Phi) is 3.39. The number of carboxylic acid groups (broad SMARTS) is 1. The molecule has 0 aliphatic heterocycles. The van der Waals surface area contributed by atoms with Gasteiger partial charge in [-0.3, -0.25) is 9.59 Å². The molecule has 2 aromatic rings. The van der Waals surface area contributed by atoms with Gasteiger partial charge in [0.2, 0.25) is 0 Å². The third kappa shape index (κ3) is 2.10. The summed E-state index contributed by atoms with van der Waals surface area (Å²) in [5.41, 5.74) is 0.426. The molecule has 0 saturated heterocycles. The average molecular weight is 243 g/mol. The molecule has 0 aliphatic rings. The fourth-order valence-electron chi connectivity index (χ4n) is 1.96. The van der Waals surface area contributed by atoms with Crippen molar-refractivity contribution in [3.63, 3.8) is 0 Å². The fraction of sp³-hybridized carbons (Fsp3) is 0.143. The molecular formula is C14H13NO3. The molecule has 0 bridgehead atoms. The number of carboxylic acids is 1. The maximum absolute atomic E-state index is 12.2. The van der Waals surface area contributed by atoms with Gasteiger partial charge in [0.1, 0.15) is 0 Å². The maximum Gasteiger partial charge on any atom is 0.328 e. The lowest BCUT2D eigenvalue weighted by atomic mass is 9.97. The van der Waals surface area contributed by atoms with E-state index in [1.807, 2.05) is 30.3 Å². The lowest BCUT2D eigenvalue weighted by Crippen LogP contribution is -2.41. The standard InChI is InChI=1S/C14H13NO3/c1-15-12(14(17)18)13(16)11-8-4-6-9-5-2-3-7-10(9)11/h2-8,12,15H,1H3,(H,17,18). The number of hydrogen-bond donors (Lipinski definition) is 2. The Morgan fingerprint density at radius 2 is 1.78 bits per heavy atom. The lowest BCUT2D eigenvalue weighted by Gasteiger charge is -2.11. The second-order valence-corrected chi connectivity index (χ2v) is 3.95. The van der Waals surface area contributed by atoms with Crippen LogP contribution in [0, 0.1) is 0 Å². The van der Waals surface area contributed by atoms with Crippen molar-refractivity contribution in [1.82, 2.24) is 5.32 Å². The van der Waals surface area contributed by atoms with E-state index in [0.717, 1.165) is 10.8 Å². The van der Waals surface area contributed by atoms with Gasteiger partial charge in [0.05, 0.1) is 0 Å². The maximum atomic E-state index is 12.2. The molecule has 0 heterocycles. The minimum absolute atomic E-state index is 0.426. The molecular weight excluding hydrogens is 230 g/mol. The van der Waals surface area contributed by atoms with Crippen molar-refractivity contribution in [3.8, 4) is 0 Å². The van der Waals surface area contributed by atoms with Crippen LogP contribution in [0.4, 0.5) is 0 Å². The summed E-state index contributed by atoms with van der Waals surface area (Å²) in [4.78, 5) is 23.2. The van der Waals surface area contributed by atoms with Crippen LogP contribution in [0.5, 0.6) is 0 Å². The Hall–Kier alpha value is -2.20. The van der Waals surface area contributed by atoms with E-state index in [1.165, 1.54) is 7.05 Å². The number of likely N-dealkylation sites (N-methyl/N-ethyl adjacent to an activating group) is 1. The van der Waals surface area contributed by atoms with Crippen LogP contribution in [0.1, 0.15) is 10.4 Å². The summed E-state index contributed by atoms with van der Waals surface area (Å²) < 4.78 is 0. The normalized spacial score (nSPS) is 12.3. The smallest absolute Gasteiger partial charge is 0.328 e. The fourth-order valence-corrected chi connectivity index (χ4v) is 1.96. The van der Waals surface area contributed by atoms with Gasteiger partial charge in [-0.25, -0.2) is 0 Å². The molecule has 4 heteroatoms. The molecule has 0 saturated carbocycles. The Labute approximate surface area is 104 Å². The summed E-state index contributed by atoms with van der Waals surface area (Å²) in [7, 11) is 1.46. The van der Waals surface area contributed by atoms with Crippen LogP contribution in [0.25, 0.3) is 10.8 Å². The van der Waals surface area contributed by atoms with E-state index in [4.69, 9.17) is 5.11 Å². The molecule has 0 spiro atoms. The van der Waals surface area contributed by atoms with Crippen molar-refractivity contribution in [2.24, 2.45) is 0 Å². The number of carbonyl (C=O) groups excluding carboxylic acids is 1. The minimum Gasteiger partial charge on any atom is -0.480 e. The molecule has 0 aromatic heterocycles. The first kappa shape index (κ1) is 12.3. The van der Waals surface area contributed by atoms with Gasteiger partial charge in [0.25, 0.3) is 0 Å². The highest BCUT2D eigenvalue weighted by Crippen LogP contribution is 2.19. The summed E-state index contributed by atoms with van der Waals surface area (Å²) in [6.07, 6.45) is 0. The number of fused-ring (bicyclic) bond motifs is 1. The van der Waals surface area contributed by atoms with Gasteiger partial charge < -0.3 is 10.4 Å². The summed E-state index contributed by atoms with van der Waals surface area (Å²) >= 11 is 0. The Bertz CT molecular complexity index is 602. The number of Topliss-reactive ketones (excluding diaryl/α,β-unsaturated/α-hetero) is 1. The molecule has 2 aromatic carbocycles. The molecule has 2 rings (SSSR count).